The number of ether oxygens (including phenoxy) is 1. The van der Waals surface area contributed by atoms with Crippen LogP contribution in [0.2, 0.25) is 0 Å². The molecule has 0 aliphatic rings. The molecule has 0 fully saturated rings. The van der Waals surface area contributed by atoms with Crippen molar-refractivity contribution in [2.75, 3.05) is 0 Å². The summed E-state index contributed by atoms with van der Waals surface area (Å²) in [5.74, 6) is -0.582. The molecule has 0 atom stereocenters. The number of hydrogen-bond donors (Lipinski definition) is 1. The van der Waals surface area contributed by atoms with Crippen molar-refractivity contribution in [1.82, 2.24) is 4.98 Å². The van der Waals surface area contributed by atoms with Crippen LogP contribution in [0.4, 0.5) is 0 Å². The van der Waals surface area contributed by atoms with Crippen LogP contribution in [0.25, 0.3) is 11.1 Å². The predicted octanol–water partition coefficient (Wildman–Crippen LogP) is 3.63. The van der Waals surface area contributed by atoms with E-state index in [1.165, 1.54) is 6.07 Å². The maximum absolute atomic E-state index is 11.1. The fourth-order valence-corrected chi connectivity index (χ4v) is 1.95. The Hall–Kier alpha value is -2.82. The topological polar surface area (TPSA) is 72.6 Å². The second-order valence-corrected chi connectivity index (χ2v) is 4.28. The maximum Gasteiger partial charge on any atom is 0.400 e. The molecule has 0 unspecified atom stereocenters. The first-order valence-corrected chi connectivity index (χ1v) is 6.01. The average Bonchev–Trinajstić information content (AvgIpc) is 2.83. The van der Waals surface area contributed by atoms with Gasteiger partial charge in [0.15, 0.2) is 5.58 Å². The molecule has 0 radical (unpaired) electrons. The second kappa shape index (κ2) is 4.70. The van der Waals surface area contributed by atoms with Crippen LogP contribution < -0.4 is 4.74 Å². The van der Waals surface area contributed by atoms with E-state index in [4.69, 9.17) is 14.3 Å². The Morgan fingerprint density at radius 2 is 2.00 bits per heavy atom. The lowest BCUT2D eigenvalue weighted by molar-refractivity contribution is 0.0695. The van der Waals surface area contributed by atoms with Crippen molar-refractivity contribution < 1.29 is 19.1 Å². The Labute approximate surface area is 114 Å². The fourth-order valence-electron chi connectivity index (χ4n) is 1.95. The molecule has 5 heteroatoms. The molecule has 1 heterocycles. The Morgan fingerprint density at radius 1 is 1.20 bits per heavy atom. The summed E-state index contributed by atoms with van der Waals surface area (Å²) < 4.78 is 11.0. The number of fused-ring (bicyclic) bond motifs is 1. The number of aromatic carboxylic acids is 1. The summed E-state index contributed by atoms with van der Waals surface area (Å²) in [6.45, 7) is 1.68. The Morgan fingerprint density at radius 3 is 2.75 bits per heavy atom. The van der Waals surface area contributed by atoms with Crippen LogP contribution in [0, 0.1) is 6.92 Å². The number of para-hydroxylation sites is 2. The second-order valence-electron chi connectivity index (χ2n) is 4.28. The van der Waals surface area contributed by atoms with E-state index in [1.54, 1.807) is 25.1 Å². The summed E-state index contributed by atoms with van der Waals surface area (Å²) in [4.78, 5) is 15.3. The van der Waals surface area contributed by atoms with Gasteiger partial charge in [-0.25, -0.2) is 4.79 Å². The third-order valence-electron chi connectivity index (χ3n) is 2.99. The van der Waals surface area contributed by atoms with Gasteiger partial charge in [0, 0.05) is 5.56 Å². The normalized spacial score (nSPS) is 10.7. The molecular weight excluding hydrogens is 258 g/mol. The van der Waals surface area contributed by atoms with Crippen LogP contribution in [0.15, 0.2) is 46.9 Å². The van der Waals surface area contributed by atoms with Gasteiger partial charge in [-0.15, -0.1) is 0 Å². The molecular formula is C15H11NO4. The van der Waals surface area contributed by atoms with E-state index >= 15 is 0 Å². The van der Waals surface area contributed by atoms with Gasteiger partial charge in [0.1, 0.15) is 11.3 Å². The van der Waals surface area contributed by atoms with Crippen molar-refractivity contribution in [2.24, 2.45) is 0 Å². The van der Waals surface area contributed by atoms with E-state index in [0.717, 1.165) is 0 Å². The zero-order valence-corrected chi connectivity index (χ0v) is 10.7. The molecule has 0 saturated heterocycles. The summed E-state index contributed by atoms with van der Waals surface area (Å²) in [7, 11) is 0. The van der Waals surface area contributed by atoms with Gasteiger partial charge in [0.2, 0.25) is 0 Å². The van der Waals surface area contributed by atoms with E-state index in [1.807, 2.05) is 18.2 Å². The van der Waals surface area contributed by atoms with Crippen LogP contribution in [0.3, 0.4) is 0 Å². The average molecular weight is 269 g/mol. The van der Waals surface area contributed by atoms with E-state index in [9.17, 15) is 4.79 Å². The fraction of sp³-hybridized carbons (Fsp3) is 0.0667. The number of rotatable bonds is 3. The zero-order valence-electron chi connectivity index (χ0n) is 10.7. The Kier molecular flexibility index (Phi) is 2.87. The zero-order chi connectivity index (χ0) is 14.1. The highest BCUT2D eigenvalue weighted by atomic mass is 16.6. The highest BCUT2D eigenvalue weighted by Crippen LogP contribution is 2.28. The molecule has 3 rings (SSSR count). The monoisotopic (exact) mass is 269 g/mol. The first-order valence-electron chi connectivity index (χ1n) is 6.01. The number of aromatic nitrogens is 1. The van der Waals surface area contributed by atoms with Gasteiger partial charge < -0.3 is 14.3 Å². The van der Waals surface area contributed by atoms with Crippen LogP contribution in [0.1, 0.15) is 15.9 Å². The highest BCUT2D eigenvalue weighted by molar-refractivity contribution is 5.90. The molecule has 5 nitrogen and oxygen atoms in total. The minimum atomic E-state index is -0.995. The smallest absolute Gasteiger partial charge is 0.400 e. The Bertz CT molecular complexity index is 758. The van der Waals surface area contributed by atoms with Crippen LogP contribution >= 0.6 is 0 Å². The van der Waals surface area contributed by atoms with Gasteiger partial charge in [-0.1, -0.05) is 18.2 Å². The molecule has 100 valence electrons. The Balaban J connectivity index is 1.98. The minimum absolute atomic E-state index is 0.0943. The van der Waals surface area contributed by atoms with Crippen molar-refractivity contribution in [3.8, 4) is 11.8 Å². The van der Waals surface area contributed by atoms with E-state index < -0.39 is 5.97 Å². The van der Waals surface area contributed by atoms with Gasteiger partial charge in [0.05, 0.1) is 5.56 Å². The molecule has 0 aliphatic heterocycles. The van der Waals surface area contributed by atoms with E-state index in [0.29, 0.717) is 22.4 Å². The van der Waals surface area contributed by atoms with Crippen molar-refractivity contribution >= 4 is 17.1 Å². The lowest BCUT2D eigenvalue weighted by Crippen LogP contribution is -2.00. The molecule has 0 saturated carbocycles. The molecule has 2 aromatic carbocycles. The molecule has 1 N–H and O–H groups in total. The maximum atomic E-state index is 11.1. The van der Waals surface area contributed by atoms with E-state index in [-0.39, 0.29) is 11.6 Å². The summed E-state index contributed by atoms with van der Waals surface area (Å²) in [5.41, 5.74) is 2.03. The van der Waals surface area contributed by atoms with Crippen molar-refractivity contribution in [3.63, 3.8) is 0 Å². The first-order chi connectivity index (χ1) is 9.65. The summed E-state index contributed by atoms with van der Waals surface area (Å²) in [5, 5.41) is 9.08. The molecule has 20 heavy (non-hydrogen) atoms. The molecule has 0 bridgehead atoms. The van der Waals surface area contributed by atoms with Crippen molar-refractivity contribution in [3.05, 3.63) is 53.6 Å². The van der Waals surface area contributed by atoms with Crippen molar-refractivity contribution in [2.45, 2.75) is 6.92 Å². The summed E-state index contributed by atoms with van der Waals surface area (Å²) >= 11 is 0. The van der Waals surface area contributed by atoms with Crippen LogP contribution in [0.5, 0.6) is 11.8 Å². The number of hydrogen-bond acceptors (Lipinski definition) is 4. The molecule has 0 aliphatic carbocycles. The molecule has 3 aromatic rings. The van der Waals surface area contributed by atoms with Crippen molar-refractivity contribution in [1.29, 1.82) is 0 Å². The number of carboxylic acids is 1. The summed E-state index contributed by atoms with van der Waals surface area (Å²) in [6.07, 6.45) is 0.0943. The van der Waals surface area contributed by atoms with E-state index in [2.05, 4.69) is 4.98 Å². The van der Waals surface area contributed by atoms with Crippen LogP contribution in [-0.2, 0) is 0 Å². The van der Waals surface area contributed by atoms with Crippen LogP contribution in [-0.4, -0.2) is 16.1 Å². The molecule has 0 spiro atoms. The lowest BCUT2D eigenvalue weighted by atomic mass is 10.1. The minimum Gasteiger partial charge on any atom is -0.478 e. The molecule has 0 amide bonds. The van der Waals surface area contributed by atoms with Gasteiger partial charge in [-0.2, -0.15) is 4.98 Å². The third-order valence-corrected chi connectivity index (χ3v) is 2.99. The number of nitrogens with zero attached hydrogens (tertiary/aromatic N) is 1. The molecule has 1 aromatic heterocycles. The highest BCUT2D eigenvalue weighted by Gasteiger charge is 2.14. The lowest BCUT2D eigenvalue weighted by Gasteiger charge is -2.06. The quantitative estimate of drug-likeness (QED) is 0.786. The van der Waals surface area contributed by atoms with Gasteiger partial charge in [-0.05, 0) is 31.2 Å². The van der Waals surface area contributed by atoms with Gasteiger partial charge in [0.25, 0.3) is 0 Å². The largest absolute Gasteiger partial charge is 0.478 e. The van der Waals surface area contributed by atoms with Gasteiger partial charge in [-0.3, -0.25) is 0 Å². The SMILES string of the molecule is Cc1c(Oc2nc3ccccc3o2)cccc1C(=O)O. The van der Waals surface area contributed by atoms with Gasteiger partial charge >= 0.3 is 12.0 Å². The number of oxazole rings is 1. The standard InChI is InChI=1S/C15H11NO4/c1-9-10(14(17)18)5-4-8-12(9)19-15-16-11-6-2-3-7-13(11)20-15/h2-8H,1H3,(H,17,18). The third kappa shape index (κ3) is 2.09. The summed E-state index contributed by atoms with van der Waals surface area (Å²) in [6, 6.07) is 12.1. The number of carbonyl (C=O) groups is 1. The predicted molar refractivity (Wildman–Crippen MR) is 72.2 cm³/mol. The number of carboxylic acid groups (broad SMARTS) is 1. The first kappa shape index (κ1) is 12.2. The number of benzene rings is 2.